The number of hydrogen-bond donors (Lipinski definition) is 2. The minimum Gasteiger partial charge on any atom is -0.493 e. The second-order valence-corrected chi connectivity index (χ2v) is 12.8. The molecule has 1 heterocycles. The summed E-state index contributed by atoms with van der Waals surface area (Å²) in [6.45, 7) is -0.245. The van der Waals surface area contributed by atoms with E-state index >= 15 is 0 Å². The molecule has 3 aromatic rings. The van der Waals surface area contributed by atoms with Crippen LogP contribution >= 0.6 is 0 Å². The predicted molar refractivity (Wildman–Crippen MR) is 169 cm³/mol. The standard InChI is InChI=1S/C36H35N3O6/c1-44-31-17-22(7-12-30(31)45-21-32(40)37-27-5-3-2-4-6-27)16-29-33(41)38-35(43)39(34(29)42)28-10-8-26(9-11-28)36-18-23-13-24(19-36)15-25(14-23)20-36/h2-12,16-17,23-25H,13-15,18-21H2,1H3,(H,37,40)(H,38,41,43). The van der Waals surface area contributed by atoms with Gasteiger partial charge in [0.2, 0.25) is 0 Å². The molecule has 9 heteroatoms. The molecule has 0 atom stereocenters. The monoisotopic (exact) mass is 605 g/mol. The first kappa shape index (κ1) is 28.8. The van der Waals surface area contributed by atoms with Crippen molar-refractivity contribution in [2.75, 3.05) is 23.9 Å². The Morgan fingerprint density at radius 1 is 0.911 bits per heavy atom. The van der Waals surface area contributed by atoms with Crippen molar-refractivity contribution >= 4 is 41.2 Å². The van der Waals surface area contributed by atoms with Crippen LogP contribution in [0.3, 0.4) is 0 Å². The number of amides is 5. The molecule has 5 amide bonds. The van der Waals surface area contributed by atoms with E-state index in [1.54, 1.807) is 30.3 Å². The first-order chi connectivity index (χ1) is 21.8. The number of imide groups is 2. The summed E-state index contributed by atoms with van der Waals surface area (Å²) in [5.41, 5.74) is 2.86. The zero-order valence-corrected chi connectivity index (χ0v) is 25.1. The van der Waals surface area contributed by atoms with Gasteiger partial charge in [-0.1, -0.05) is 36.4 Å². The Morgan fingerprint density at radius 2 is 1.58 bits per heavy atom. The Kier molecular flexibility index (Phi) is 7.39. The molecule has 5 aliphatic rings. The van der Waals surface area contributed by atoms with Gasteiger partial charge in [-0.3, -0.25) is 19.7 Å². The summed E-state index contributed by atoms with van der Waals surface area (Å²) >= 11 is 0. The number of benzene rings is 3. The van der Waals surface area contributed by atoms with Gasteiger partial charge in [0.1, 0.15) is 5.57 Å². The van der Waals surface area contributed by atoms with Gasteiger partial charge in [-0.15, -0.1) is 0 Å². The highest BCUT2D eigenvalue weighted by molar-refractivity contribution is 6.39. The zero-order chi connectivity index (χ0) is 31.1. The number of methoxy groups -OCH3 is 1. The van der Waals surface area contributed by atoms with Gasteiger partial charge < -0.3 is 14.8 Å². The molecule has 4 bridgehead atoms. The van der Waals surface area contributed by atoms with E-state index in [9.17, 15) is 19.2 Å². The maximum absolute atomic E-state index is 13.6. The van der Waals surface area contributed by atoms with Crippen molar-refractivity contribution in [1.29, 1.82) is 0 Å². The van der Waals surface area contributed by atoms with Gasteiger partial charge in [0.25, 0.3) is 17.7 Å². The van der Waals surface area contributed by atoms with Crippen LogP contribution < -0.4 is 25.0 Å². The van der Waals surface area contributed by atoms with E-state index in [1.165, 1.54) is 57.3 Å². The minimum atomic E-state index is -0.778. The van der Waals surface area contributed by atoms with E-state index < -0.39 is 17.8 Å². The van der Waals surface area contributed by atoms with Crippen molar-refractivity contribution in [2.45, 2.75) is 43.9 Å². The first-order valence-corrected chi connectivity index (χ1v) is 15.5. The second kappa shape index (κ2) is 11.5. The smallest absolute Gasteiger partial charge is 0.335 e. The Labute approximate surface area is 261 Å². The van der Waals surface area contributed by atoms with Crippen LogP contribution in [0, 0.1) is 17.8 Å². The minimum absolute atomic E-state index is 0.183. The summed E-state index contributed by atoms with van der Waals surface area (Å²) < 4.78 is 11.1. The molecule has 0 aromatic heterocycles. The van der Waals surface area contributed by atoms with E-state index in [0.29, 0.717) is 28.4 Å². The van der Waals surface area contributed by atoms with Crippen LogP contribution in [0.1, 0.15) is 49.7 Å². The fourth-order valence-corrected chi connectivity index (χ4v) is 8.24. The third-order valence-corrected chi connectivity index (χ3v) is 9.79. The quantitative estimate of drug-likeness (QED) is 0.246. The van der Waals surface area contributed by atoms with E-state index in [1.807, 2.05) is 30.3 Å². The zero-order valence-electron chi connectivity index (χ0n) is 25.1. The number of carbonyl (C=O) groups is 4. The fourth-order valence-electron chi connectivity index (χ4n) is 8.24. The van der Waals surface area contributed by atoms with Crippen LogP contribution in [0.15, 0.2) is 78.4 Å². The van der Waals surface area contributed by atoms with Crippen molar-refractivity contribution in [2.24, 2.45) is 17.8 Å². The average Bonchev–Trinajstić information content (AvgIpc) is 3.02. The number of rotatable bonds is 8. The van der Waals surface area contributed by atoms with Crippen molar-refractivity contribution in [3.63, 3.8) is 0 Å². The van der Waals surface area contributed by atoms with E-state index in [-0.39, 0.29) is 23.5 Å². The number of anilines is 2. The summed E-state index contributed by atoms with van der Waals surface area (Å²) in [6.07, 6.45) is 9.14. The van der Waals surface area contributed by atoms with E-state index in [2.05, 4.69) is 22.8 Å². The van der Waals surface area contributed by atoms with Gasteiger partial charge in [-0.25, -0.2) is 9.69 Å². The van der Waals surface area contributed by atoms with Gasteiger partial charge in [-0.05, 0) is 115 Å². The molecule has 0 unspecified atom stereocenters. The Bertz CT molecular complexity index is 1660. The van der Waals surface area contributed by atoms with Crippen LogP contribution in [-0.2, 0) is 19.8 Å². The number of carbonyl (C=O) groups excluding carboxylic acids is 4. The summed E-state index contributed by atoms with van der Waals surface area (Å²) in [5, 5.41) is 5.05. The molecular formula is C36H35N3O6. The largest absolute Gasteiger partial charge is 0.493 e. The number of hydrogen-bond acceptors (Lipinski definition) is 6. The Hall–Kier alpha value is -4.92. The number of nitrogens with zero attached hydrogens (tertiary/aromatic N) is 1. The van der Waals surface area contributed by atoms with Crippen LogP contribution in [0.2, 0.25) is 0 Å². The number of barbiturate groups is 1. The fraction of sp³-hybridized carbons (Fsp3) is 0.333. The number of para-hydroxylation sites is 1. The lowest BCUT2D eigenvalue weighted by molar-refractivity contribution is -0.122. The van der Waals surface area contributed by atoms with Gasteiger partial charge in [0.05, 0.1) is 12.8 Å². The molecule has 9 nitrogen and oxygen atoms in total. The molecule has 45 heavy (non-hydrogen) atoms. The van der Waals surface area contributed by atoms with Gasteiger partial charge in [0.15, 0.2) is 18.1 Å². The molecule has 8 rings (SSSR count). The Morgan fingerprint density at radius 3 is 2.22 bits per heavy atom. The SMILES string of the molecule is COc1cc(C=C2C(=O)NC(=O)N(c3ccc(C45CC6CC(CC(C6)C4)C5)cc3)C2=O)ccc1OCC(=O)Nc1ccccc1. The molecule has 1 aliphatic heterocycles. The maximum atomic E-state index is 13.6. The molecule has 5 fully saturated rings. The highest BCUT2D eigenvalue weighted by atomic mass is 16.5. The summed E-state index contributed by atoms with van der Waals surface area (Å²) in [7, 11) is 1.45. The summed E-state index contributed by atoms with van der Waals surface area (Å²) in [4.78, 5) is 52.6. The third-order valence-electron chi connectivity index (χ3n) is 9.79. The molecule has 2 N–H and O–H groups in total. The summed E-state index contributed by atoms with van der Waals surface area (Å²) in [5.74, 6) is 1.24. The topological polar surface area (TPSA) is 114 Å². The lowest BCUT2D eigenvalue weighted by Gasteiger charge is -2.57. The number of nitrogens with one attached hydrogen (secondary N) is 2. The van der Waals surface area contributed by atoms with Gasteiger partial charge in [0, 0.05) is 5.69 Å². The molecule has 230 valence electrons. The third kappa shape index (κ3) is 5.59. The molecule has 4 saturated carbocycles. The number of ether oxygens (including phenoxy) is 2. The summed E-state index contributed by atoms with van der Waals surface area (Å²) in [6, 6.07) is 20.9. The van der Waals surface area contributed by atoms with Crippen molar-refractivity contribution in [3.05, 3.63) is 89.5 Å². The highest BCUT2D eigenvalue weighted by Gasteiger charge is 2.51. The lowest BCUT2D eigenvalue weighted by Crippen LogP contribution is -2.54. The van der Waals surface area contributed by atoms with Crippen LogP contribution in [0.25, 0.3) is 6.08 Å². The molecule has 3 aromatic carbocycles. The first-order valence-electron chi connectivity index (χ1n) is 15.5. The van der Waals surface area contributed by atoms with Crippen LogP contribution in [0.4, 0.5) is 16.2 Å². The highest BCUT2D eigenvalue weighted by Crippen LogP contribution is 2.60. The maximum Gasteiger partial charge on any atom is 0.335 e. The van der Waals surface area contributed by atoms with Crippen molar-refractivity contribution < 1.29 is 28.7 Å². The predicted octanol–water partition coefficient (Wildman–Crippen LogP) is 5.85. The lowest BCUT2D eigenvalue weighted by atomic mass is 9.48. The van der Waals surface area contributed by atoms with Gasteiger partial charge >= 0.3 is 6.03 Å². The molecule has 0 radical (unpaired) electrons. The van der Waals surface area contributed by atoms with Crippen molar-refractivity contribution in [1.82, 2.24) is 5.32 Å². The van der Waals surface area contributed by atoms with Gasteiger partial charge in [-0.2, -0.15) is 0 Å². The molecule has 1 saturated heterocycles. The normalized spacial score (nSPS) is 26.2. The molecule has 0 spiro atoms. The van der Waals surface area contributed by atoms with Crippen LogP contribution in [0.5, 0.6) is 11.5 Å². The average molecular weight is 606 g/mol. The molecular weight excluding hydrogens is 570 g/mol. The Balaban J connectivity index is 1.07. The van der Waals surface area contributed by atoms with E-state index in [4.69, 9.17) is 9.47 Å². The van der Waals surface area contributed by atoms with E-state index in [0.717, 1.165) is 22.7 Å². The van der Waals surface area contributed by atoms with Crippen LogP contribution in [-0.4, -0.2) is 37.5 Å². The van der Waals surface area contributed by atoms with Crippen molar-refractivity contribution in [3.8, 4) is 11.5 Å². The molecule has 4 aliphatic carbocycles. The second-order valence-electron chi connectivity index (χ2n) is 12.8. The number of urea groups is 1.